The summed E-state index contributed by atoms with van der Waals surface area (Å²) in [6.07, 6.45) is 2.56. The van der Waals surface area contributed by atoms with Gasteiger partial charge in [-0.15, -0.1) is 0 Å². The number of hydrogen-bond donors (Lipinski definition) is 1. The molecule has 17 heavy (non-hydrogen) atoms. The van der Waals surface area contributed by atoms with Gasteiger partial charge in [0.15, 0.2) is 0 Å². The van der Waals surface area contributed by atoms with Crippen molar-refractivity contribution in [3.05, 3.63) is 46.5 Å². The normalized spacial score (nSPS) is 10.8. The van der Waals surface area contributed by atoms with Crippen LogP contribution in [0.4, 0.5) is 4.39 Å². The highest BCUT2D eigenvalue weighted by molar-refractivity contribution is 6.30. The van der Waals surface area contributed by atoms with E-state index in [2.05, 4.69) is 5.10 Å². The second-order valence-corrected chi connectivity index (χ2v) is 4.21. The molecule has 0 spiro atoms. The van der Waals surface area contributed by atoms with E-state index in [1.807, 2.05) is 6.92 Å². The number of benzene rings is 1. The average Bonchev–Trinajstić information content (AvgIpc) is 2.66. The highest BCUT2D eigenvalue weighted by atomic mass is 35.5. The second kappa shape index (κ2) is 4.85. The summed E-state index contributed by atoms with van der Waals surface area (Å²) in [5.41, 5.74) is 8.35. The maximum Gasteiger partial charge on any atom is 0.141 e. The first-order valence-electron chi connectivity index (χ1n) is 5.32. The molecule has 0 fully saturated rings. The van der Waals surface area contributed by atoms with E-state index in [9.17, 15) is 4.39 Å². The summed E-state index contributed by atoms with van der Waals surface area (Å²) in [6.45, 7) is 2.53. The van der Waals surface area contributed by atoms with Crippen molar-refractivity contribution in [2.75, 3.05) is 6.54 Å². The maximum atomic E-state index is 13.1. The van der Waals surface area contributed by atoms with Crippen LogP contribution >= 0.6 is 11.6 Å². The Hall–Kier alpha value is -1.39. The Morgan fingerprint density at radius 1 is 1.47 bits per heavy atom. The summed E-state index contributed by atoms with van der Waals surface area (Å²) in [5.74, 6) is -0.428. The minimum Gasteiger partial charge on any atom is -0.330 e. The fourth-order valence-corrected chi connectivity index (χ4v) is 1.90. The first-order chi connectivity index (χ1) is 8.13. The van der Waals surface area contributed by atoms with Gasteiger partial charge in [-0.25, -0.2) is 9.07 Å². The van der Waals surface area contributed by atoms with Crippen LogP contribution in [0, 0.1) is 12.7 Å². The van der Waals surface area contributed by atoms with E-state index in [0.29, 0.717) is 6.54 Å². The lowest BCUT2D eigenvalue weighted by Gasteiger charge is -2.06. The van der Waals surface area contributed by atoms with E-state index in [1.54, 1.807) is 23.0 Å². The number of nitrogens with zero attached hydrogens (tertiary/aromatic N) is 2. The molecule has 2 aromatic rings. The molecule has 0 unspecified atom stereocenters. The second-order valence-electron chi connectivity index (χ2n) is 3.80. The van der Waals surface area contributed by atoms with Gasteiger partial charge in [-0.2, -0.15) is 5.10 Å². The molecule has 0 bridgehead atoms. The Morgan fingerprint density at radius 2 is 2.24 bits per heavy atom. The van der Waals surface area contributed by atoms with Crippen LogP contribution in [0.2, 0.25) is 5.02 Å². The number of aromatic nitrogens is 2. The fraction of sp³-hybridized carbons (Fsp3) is 0.250. The number of rotatable bonds is 3. The summed E-state index contributed by atoms with van der Waals surface area (Å²) < 4.78 is 14.8. The topological polar surface area (TPSA) is 43.8 Å². The molecule has 0 amide bonds. The molecule has 2 N–H and O–H groups in total. The average molecular weight is 254 g/mol. The van der Waals surface area contributed by atoms with Crippen LogP contribution in [0.5, 0.6) is 0 Å². The van der Waals surface area contributed by atoms with Gasteiger partial charge in [-0.05, 0) is 43.7 Å². The molecule has 0 radical (unpaired) electrons. The smallest absolute Gasteiger partial charge is 0.141 e. The van der Waals surface area contributed by atoms with Gasteiger partial charge in [0.1, 0.15) is 5.82 Å². The largest absolute Gasteiger partial charge is 0.330 e. The van der Waals surface area contributed by atoms with Crippen molar-refractivity contribution >= 4 is 11.6 Å². The number of halogens is 2. The molecule has 1 aromatic carbocycles. The van der Waals surface area contributed by atoms with E-state index in [0.717, 1.165) is 23.4 Å². The molecule has 0 aliphatic carbocycles. The summed E-state index contributed by atoms with van der Waals surface area (Å²) in [7, 11) is 0. The third-order valence-corrected chi connectivity index (χ3v) is 2.96. The minimum absolute atomic E-state index is 0.0952. The highest BCUT2D eigenvalue weighted by Gasteiger charge is 2.09. The van der Waals surface area contributed by atoms with E-state index in [-0.39, 0.29) is 5.02 Å². The summed E-state index contributed by atoms with van der Waals surface area (Å²) in [6, 6.07) is 4.54. The van der Waals surface area contributed by atoms with Crippen molar-refractivity contribution < 1.29 is 4.39 Å². The Bertz CT molecular complexity index is 537. The first kappa shape index (κ1) is 12.1. The third kappa shape index (κ3) is 2.33. The van der Waals surface area contributed by atoms with Crippen molar-refractivity contribution in [3.8, 4) is 5.69 Å². The Morgan fingerprint density at radius 3 is 2.88 bits per heavy atom. The van der Waals surface area contributed by atoms with E-state index < -0.39 is 5.82 Å². The van der Waals surface area contributed by atoms with Gasteiger partial charge >= 0.3 is 0 Å². The zero-order chi connectivity index (χ0) is 12.4. The Labute approximate surface area is 104 Å². The van der Waals surface area contributed by atoms with E-state index in [1.165, 1.54) is 6.07 Å². The molecule has 0 aliphatic rings. The summed E-state index contributed by atoms with van der Waals surface area (Å²) in [5, 5.41) is 4.35. The lowest BCUT2D eigenvalue weighted by atomic mass is 10.2. The van der Waals surface area contributed by atoms with Crippen LogP contribution < -0.4 is 5.73 Å². The molecule has 0 aliphatic heterocycles. The standard InChI is InChI=1S/C12H13ClFN3/c1-8-9(4-5-15)7-16-17(8)10-2-3-12(14)11(13)6-10/h2-3,6-7H,4-5,15H2,1H3. The predicted octanol–water partition coefficient (Wildman–Crippen LogP) is 2.47. The summed E-state index contributed by atoms with van der Waals surface area (Å²) in [4.78, 5) is 0. The van der Waals surface area contributed by atoms with Gasteiger partial charge in [0.2, 0.25) is 0 Å². The van der Waals surface area contributed by atoms with Gasteiger partial charge in [0.25, 0.3) is 0 Å². The van der Waals surface area contributed by atoms with Crippen molar-refractivity contribution in [2.24, 2.45) is 5.73 Å². The molecule has 90 valence electrons. The molecule has 0 saturated carbocycles. The molecule has 0 atom stereocenters. The number of nitrogens with two attached hydrogens (primary N) is 1. The van der Waals surface area contributed by atoms with Crippen LogP contribution in [0.15, 0.2) is 24.4 Å². The quantitative estimate of drug-likeness (QED) is 0.913. The fourth-order valence-electron chi connectivity index (χ4n) is 1.72. The van der Waals surface area contributed by atoms with Crippen molar-refractivity contribution in [1.29, 1.82) is 0 Å². The van der Waals surface area contributed by atoms with Crippen molar-refractivity contribution in [2.45, 2.75) is 13.3 Å². The summed E-state index contributed by atoms with van der Waals surface area (Å²) >= 11 is 5.75. The van der Waals surface area contributed by atoms with Crippen LogP contribution in [0.1, 0.15) is 11.3 Å². The van der Waals surface area contributed by atoms with Gasteiger partial charge in [-0.3, -0.25) is 0 Å². The predicted molar refractivity (Wildman–Crippen MR) is 66.0 cm³/mol. The van der Waals surface area contributed by atoms with Crippen molar-refractivity contribution in [1.82, 2.24) is 9.78 Å². The van der Waals surface area contributed by atoms with Crippen molar-refractivity contribution in [3.63, 3.8) is 0 Å². The molecular formula is C12H13ClFN3. The monoisotopic (exact) mass is 253 g/mol. The Balaban J connectivity index is 2.42. The minimum atomic E-state index is -0.428. The lowest BCUT2D eigenvalue weighted by molar-refractivity contribution is 0.627. The molecule has 1 aromatic heterocycles. The Kier molecular flexibility index (Phi) is 3.45. The van der Waals surface area contributed by atoms with Crippen LogP contribution in [-0.2, 0) is 6.42 Å². The van der Waals surface area contributed by atoms with Gasteiger partial charge < -0.3 is 5.73 Å². The SMILES string of the molecule is Cc1c(CCN)cnn1-c1ccc(F)c(Cl)c1. The van der Waals surface area contributed by atoms with Crippen LogP contribution in [-0.4, -0.2) is 16.3 Å². The van der Waals surface area contributed by atoms with E-state index in [4.69, 9.17) is 17.3 Å². The zero-order valence-corrected chi connectivity index (χ0v) is 10.2. The molecular weight excluding hydrogens is 241 g/mol. The van der Waals surface area contributed by atoms with Gasteiger partial charge in [0, 0.05) is 5.69 Å². The molecule has 5 heteroatoms. The van der Waals surface area contributed by atoms with Gasteiger partial charge in [0.05, 0.1) is 16.9 Å². The third-order valence-electron chi connectivity index (χ3n) is 2.67. The number of hydrogen-bond acceptors (Lipinski definition) is 2. The first-order valence-corrected chi connectivity index (χ1v) is 5.70. The van der Waals surface area contributed by atoms with Gasteiger partial charge in [-0.1, -0.05) is 11.6 Å². The lowest BCUT2D eigenvalue weighted by Crippen LogP contribution is -2.04. The van der Waals surface area contributed by atoms with Crippen LogP contribution in [0.3, 0.4) is 0 Å². The van der Waals surface area contributed by atoms with E-state index >= 15 is 0 Å². The zero-order valence-electron chi connectivity index (χ0n) is 9.45. The molecule has 3 nitrogen and oxygen atoms in total. The highest BCUT2D eigenvalue weighted by Crippen LogP contribution is 2.20. The molecule has 2 rings (SSSR count). The molecule has 1 heterocycles. The van der Waals surface area contributed by atoms with Crippen LogP contribution in [0.25, 0.3) is 5.69 Å². The molecule has 0 saturated heterocycles. The maximum absolute atomic E-state index is 13.1.